The third-order valence-electron chi connectivity index (χ3n) is 4.37. The Morgan fingerprint density at radius 3 is 2.61 bits per heavy atom. The van der Waals surface area contributed by atoms with E-state index in [1.165, 1.54) is 0 Å². The first-order valence-corrected chi connectivity index (χ1v) is 9.39. The number of allylic oxidation sites excluding steroid dienone is 1. The van der Waals surface area contributed by atoms with Gasteiger partial charge in [0.25, 0.3) is 5.91 Å². The van der Waals surface area contributed by atoms with Gasteiger partial charge in [-0.2, -0.15) is 0 Å². The Morgan fingerprint density at radius 1 is 1.18 bits per heavy atom. The maximum Gasteiger partial charge on any atom is 0.255 e. The highest BCUT2D eigenvalue weighted by molar-refractivity contribution is 7.80. The largest absolute Gasteiger partial charge is 0.493 e. The molecule has 1 aliphatic heterocycles. The molecule has 0 radical (unpaired) electrons. The number of ether oxygens (including phenoxy) is 2. The summed E-state index contributed by atoms with van der Waals surface area (Å²) >= 11 is 5.31. The molecule has 7 heteroatoms. The molecule has 6 nitrogen and oxygen atoms in total. The Hall–Kier alpha value is -3.06. The van der Waals surface area contributed by atoms with E-state index in [1.54, 1.807) is 7.11 Å². The topological polar surface area (TPSA) is 71.6 Å². The minimum absolute atomic E-state index is 0.205. The van der Waals surface area contributed by atoms with E-state index in [9.17, 15) is 4.79 Å². The molecule has 3 rings (SSSR count). The van der Waals surface area contributed by atoms with E-state index >= 15 is 0 Å². The van der Waals surface area contributed by atoms with Gasteiger partial charge < -0.3 is 25.4 Å². The van der Waals surface area contributed by atoms with Gasteiger partial charge in [-0.1, -0.05) is 24.3 Å². The van der Waals surface area contributed by atoms with Crippen molar-refractivity contribution in [2.24, 2.45) is 0 Å². The first-order chi connectivity index (χ1) is 13.5. The summed E-state index contributed by atoms with van der Waals surface area (Å²) in [5.74, 6) is 1.05. The minimum atomic E-state index is -0.415. The highest BCUT2D eigenvalue weighted by atomic mass is 32.1. The SMILES string of the molecule is CCOc1ccc([C@H]2NC(=S)NC(C)=C2C(=O)Nc2ccccc2)cc1OC. The lowest BCUT2D eigenvalue weighted by atomic mass is 9.94. The average Bonchev–Trinajstić information content (AvgIpc) is 2.68. The molecule has 0 aromatic heterocycles. The predicted octanol–water partition coefficient (Wildman–Crippen LogP) is 3.53. The maximum atomic E-state index is 13.0. The molecule has 0 saturated carbocycles. The lowest BCUT2D eigenvalue weighted by molar-refractivity contribution is -0.113. The third kappa shape index (κ3) is 4.26. The highest BCUT2D eigenvalue weighted by Crippen LogP contribution is 2.34. The van der Waals surface area contributed by atoms with E-state index in [4.69, 9.17) is 21.7 Å². The smallest absolute Gasteiger partial charge is 0.255 e. The summed E-state index contributed by atoms with van der Waals surface area (Å²) in [5.41, 5.74) is 2.84. The summed E-state index contributed by atoms with van der Waals surface area (Å²) in [7, 11) is 1.59. The second kappa shape index (κ2) is 8.75. The Morgan fingerprint density at radius 2 is 1.93 bits per heavy atom. The van der Waals surface area contributed by atoms with E-state index in [0.717, 1.165) is 11.3 Å². The van der Waals surface area contributed by atoms with E-state index in [2.05, 4.69) is 16.0 Å². The van der Waals surface area contributed by atoms with Crippen LogP contribution in [0.4, 0.5) is 5.69 Å². The molecular weight excluding hydrogens is 374 g/mol. The molecular formula is C21H23N3O3S. The Labute approximate surface area is 169 Å². The normalized spacial score (nSPS) is 16.1. The standard InChI is InChI=1S/C21H23N3O3S/c1-4-27-16-11-10-14(12-17(16)26-3)19-18(13(2)22-21(28)24-19)20(25)23-15-8-6-5-7-9-15/h5-12,19H,4H2,1-3H3,(H,23,25)(H2,22,24,28)/t19-/m1/s1. The molecule has 2 aromatic carbocycles. The average molecular weight is 398 g/mol. The van der Waals surface area contributed by atoms with Crippen molar-refractivity contribution in [2.75, 3.05) is 19.0 Å². The van der Waals surface area contributed by atoms with Crippen LogP contribution in [0.15, 0.2) is 59.8 Å². The van der Waals surface area contributed by atoms with Gasteiger partial charge in [-0.15, -0.1) is 0 Å². The molecule has 28 heavy (non-hydrogen) atoms. The van der Waals surface area contributed by atoms with Crippen molar-refractivity contribution >= 4 is 28.9 Å². The summed E-state index contributed by atoms with van der Waals surface area (Å²) in [6.45, 7) is 4.29. The molecule has 1 heterocycles. The van der Waals surface area contributed by atoms with Gasteiger partial charge in [0, 0.05) is 11.4 Å². The summed E-state index contributed by atoms with van der Waals surface area (Å²) in [5, 5.41) is 9.63. The number of methoxy groups -OCH3 is 1. The van der Waals surface area contributed by atoms with Gasteiger partial charge in [0.05, 0.1) is 25.3 Å². The molecule has 0 bridgehead atoms. The first kappa shape index (κ1) is 19.7. The van der Waals surface area contributed by atoms with E-state index < -0.39 is 6.04 Å². The number of carbonyl (C=O) groups excluding carboxylic acids is 1. The van der Waals surface area contributed by atoms with Gasteiger partial charge in [-0.25, -0.2) is 0 Å². The molecule has 0 fully saturated rings. The maximum absolute atomic E-state index is 13.0. The monoisotopic (exact) mass is 397 g/mol. The van der Waals surface area contributed by atoms with Crippen molar-refractivity contribution in [1.29, 1.82) is 0 Å². The van der Waals surface area contributed by atoms with Gasteiger partial charge >= 0.3 is 0 Å². The zero-order chi connectivity index (χ0) is 20.1. The van der Waals surface area contributed by atoms with Crippen molar-refractivity contribution in [1.82, 2.24) is 10.6 Å². The van der Waals surface area contributed by atoms with Crippen LogP contribution in [0.5, 0.6) is 11.5 Å². The van der Waals surface area contributed by atoms with Crippen LogP contribution in [0.25, 0.3) is 0 Å². The van der Waals surface area contributed by atoms with Crippen molar-refractivity contribution in [3.8, 4) is 11.5 Å². The van der Waals surface area contributed by atoms with Crippen molar-refractivity contribution < 1.29 is 14.3 Å². The van der Waals surface area contributed by atoms with Crippen LogP contribution >= 0.6 is 12.2 Å². The summed E-state index contributed by atoms with van der Waals surface area (Å²) in [6.07, 6.45) is 0. The molecule has 1 atom stereocenters. The summed E-state index contributed by atoms with van der Waals surface area (Å²) < 4.78 is 11.0. The Kier molecular flexibility index (Phi) is 6.16. The van der Waals surface area contributed by atoms with E-state index in [0.29, 0.717) is 34.5 Å². The molecule has 0 aliphatic carbocycles. The van der Waals surface area contributed by atoms with Gasteiger partial charge in [0.1, 0.15) is 0 Å². The number of hydrogen-bond donors (Lipinski definition) is 3. The van der Waals surface area contributed by atoms with Crippen molar-refractivity contribution in [2.45, 2.75) is 19.9 Å². The zero-order valence-electron chi connectivity index (χ0n) is 16.0. The third-order valence-corrected chi connectivity index (χ3v) is 4.59. The van der Waals surface area contributed by atoms with Crippen LogP contribution in [0.1, 0.15) is 25.5 Å². The lowest BCUT2D eigenvalue weighted by Crippen LogP contribution is -2.45. The number of nitrogens with one attached hydrogen (secondary N) is 3. The molecule has 3 N–H and O–H groups in total. The minimum Gasteiger partial charge on any atom is -0.493 e. The van der Waals surface area contributed by atoms with Crippen LogP contribution in [-0.2, 0) is 4.79 Å². The van der Waals surface area contributed by atoms with Crippen LogP contribution < -0.4 is 25.4 Å². The van der Waals surface area contributed by atoms with Gasteiger partial charge in [0.15, 0.2) is 16.6 Å². The lowest BCUT2D eigenvalue weighted by Gasteiger charge is -2.30. The number of hydrogen-bond acceptors (Lipinski definition) is 4. The second-order valence-electron chi connectivity index (χ2n) is 6.23. The highest BCUT2D eigenvalue weighted by Gasteiger charge is 2.30. The predicted molar refractivity (Wildman–Crippen MR) is 114 cm³/mol. The molecule has 0 saturated heterocycles. The van der Waals surface area contributed by atoms with Crippen molar-refractivity contribution in [3.63, 3.8) is 0 Å². The summed E-state index contributed by atoms with van der Waals surface area (Å²) in [4.78, 5) is 13.0. The number of rotatable bonds is 6. The van der Waals surface area contributed by atoms with Gasteiger partial charge in [-0.3, -0.25) is 4.79 Å². The molecule has 2 aromatic rings. The number of amides is 1. The second-order valence-corrected chi connectivity index (χ2v) is 6.64. The Bertz CT molecular complexity index is 912. The van der Waals surface area contributed by atoms with E-state index in [1.807, 2.05) is 62.4 Å². The van der Waals surface area contributed by atoms with Crippen LogP contribution in [-0.4, -0.2) is 24.7 Å². The zero-order valence-corrected chi connectivity index (χ0v) is 16.9. The molecule has 1 amide bonds. The molecule has 146 valence electrons. The van der Waals surface area contributed by atoms with E-state index in [-0.39, 0.29) is 5.91 Å². The molecule has 0 spiro atoms. The molecule has 1 aliphatic rings. The first-order valence-electron chi connectivity index (χ1n) is 8.99. The number of para-hydroxylation sites is 1. The Balaban J connectivity index is 1.96. The quantitative estimate of drug-likeness (QED) is 0.648. The summed E-state index contributed by atoms with van der Waals surface area (Å²) in [6, 6.07) is 14.5. The van der Waals surface area contributed by atoms with Crippen LogP contribution in [0.3, 0.4) is 0 Å². The fourth-order valence-electron chi connectivity index (χ4n) is 3.10. The number of thiocarbonyl (C=S) groups is 1. The van der Waals surface area contributed by atoms with Crippen molar-refractivity contribution in [3.05, 3.63) is 65.4 Å². The van der Waals surface area contributed by atoms with Gasteiger partial charge in [-0.05, 0) is 55.9 Å². The number of benzene rings is 2. The van der Waals surface area contributed by atoms with Gasteiger partial charge in [0.2, 0.25) is 0 Å². The number of anilines is 1. The van der Waals surface area contributed by atoms with Crippen LogP contribution in [0.2, 0.25) is 0 Å². The number of carbonyl (C=O) groups is 1. The van der Waals surface area contributed by atoms with Crippen LogP contribution in [0, 0.1) is 0 Å². The fraction of sp³-hybridized carbons (Fsp3) is 0.238. The fourth-order valence-corrected chi connectivity index (χ4v) is 3.37. The molecule has 0 unspecified atom stereocenters.